The molecule has 2 aliphatic heterocycles. The minimum Gasteiger partial charge on any atom is -0.497 e. The predicted octanol–water partition coefficient (Wildman–Crippen LogP) is 3.62. The number of amides is 2. The average Bonchev–Trinajstić information content (AvgIpc) is 3.46. The molecule has 2 amide bonds. The molecular weight excluding hydrogens is 454 g/mol. The number of anilines is 2. The van der Waals surface area contributed by atoms with E-state index in [0.29, 0.717) is 36.4 Å². The van der Waals surface area contributed by atoms with Crippen LogP contribution < -0.4 is 15.0 Å². The average molecular weight is 480 g/mol. The Morgan fingerprint density at radius 1 is 1.12 bits per heavy atom. The quantitative estimate of drug-likeness (QED) is 0.583. The summed E-state index contributed by atoms with van der Waals surface area (Å²) >= 11 is 0. The molecule has 0 bridgehead atoms. The number of methoxy groups -OCH3 is 1. The number of rotatable bonds is 6. The van der Waals surface area contributed by atoms with Crippen molar-refractivity contribution in [2.75, 3.05) is 30.4 Å². The van der Waals surface area contributed by atoms with Gasteiger partial charge in [-0.2, -0.15) is 4.31 Å². The first-order chi connectivity index (χ1) is 16.4. The lowest BCUT2D eigenvalue weighted by atomic mass is 10.0. The zero-order chi connectivity index (χ0) is 24.0. The summed E-state index contributed by atoms with van der Waals surface area (Å²) in [6.07, 6.45) is 1.03. The number of nitrogens with one attached hydrogen (secondary N) is 1. The fraction of sp³-hybridized carbons (Fsp3) is 0.280. The Morgan fingerprint density at radius 3 is 2.59 bits per heavy atom. The SMILES string of the molecule is CCN1C(=O)c2cccc3c(NC(=O)C4CCCN4S(=O)(=O)c4ccc(OC)cc4)ccc1c23. The normalized spacial score (nSPS) is 18.0. The monoisotopic (exact) mass is 479 g/mol. The summed E-state index contributed by atoms with van der Waals surface area (Å²) in [5, 5.41) is 4.50. The maximum atomic E-state index is 13.3. The molecule has 1 fully saturated rings. The molecule has 2 heterocycles. The molecule has 176 valence electrons. The molecule has 1 saturated heterocycles. The number of carbonyl (C=O) groups excluding carboxylic acids is 2. The van der Waals surface area contributed by atoms with Crippen molar-refractivity contribution < 1.29 is 22.7 Å². The molecule has 3 aromatic rings. The summed E-state index contributed by atoms with van der Waals surface area (Å²) < 4.78 is 32.9. The van der Waals surface area contributed by atoms with E-state index in [0.717, 1.165) is 16.5 Å². The first-order valence-electron chi connectivity index (χ1n) is 11.2. The number of hydrogen-bond donors (Lipinski definition) is 1. The molecule has 34 heavy (non-hydrogen) atoms. The Morgan fingerprint density at radius 2 is 1.88 bits per heavy atom. The maximum Gasteiger partial charge on any atom is 0.258 e. The van der Waals surface area contributed by atoms with Crippen LogP contribution in [0.5, 0.6) is 5.75 Å². The molecule has 0 radical (unpaired) electrons. The third-order valence-electron chi connectivity index (χ3n) is 6.53. The van der Waals surface area contributed by atoms with Crippen LogP contribution in [-0.4, -0.2) is 50.8 Å². The second-order valence-electron chi connectivity index (χ2n) is 8.35. The number of sulfonamides is 1. The molecule has 8 nitrogen and oxygen atoms in total. The van der Waals surface area contributed by atoms with Crippen LogP contribution in [0.3, 0.4) is 0 Å². The van der Waals surface area contributed by atoms with Gasteiger partial charge in [0.25, 0.3) is 5.91 Å². The molecule has 1 N–H and O–H groups in total. The Balaban J connectivity index is 1.45. The molecule has 1 unspecified atom stereocenters. The number of carbonyl (C=O) groups is 2. The van der Waals surface area contributed by atoms with Gasteiger partial charge in [-0.1, -0.05) is 12.1 Å². The van der Waals surface area contributed by atoms with E-state index < -0.39 is 16.1 Å². The highest BCUT2D eigenvalue weighted by molar-refractivity contribution is 7.89. The van der Waals surface area contributed by atoms with Gasteiger partial charge in [-0.3, -0.25) is 9.59 Å². The smallest absolute Gasteiger partial charge is 0.258 e. The van der Waals surface area contributed by atoms with Crippen molar-refractivity contribution in [3.05, 3.63) is 60.2 Å². The molecular formula is C25H25N3O5S. The van der Waals surface area contributed by atoms with E-state index in [-0.39, 0.29) is 23.3 Å². The van der Waals surface area contributed by atoms with Gasteiger partial charge in [-0.15, -0.1) is 0 Å². The lowest BCUT2D eigenvalue weighted by Crippen LogP contribution is -2.43. The van der Waals surface area contributed by atoms with Crippen LogP contribution in [0.25, 0.3) is 10.8 Å². The van der Waals surface area contributed by atoms with Crippen molar-refractivity contribution in [2.24, 2.45) is 0 Å². The Bertz CT molecular complexity index is 1400. The summed E-state index contributed by atoms with van der Waals surface area (Å²) in [4.78, 5) is 27.9. The topological polar surface area (TPSA) is 96.0 Å². The highest BCUT2D eigenvalue weighted by Crippen LogP contribution is 2.40. The third-order valence-corrected chi connectivity index (χ3v) is 8.45. The highest BCUT2D eigenvalue weighted by atomic mass is 32.2. The Hall–Kier alpha value is -3.43. The lowest BCUT2D eigenvalue weighted by molar-refractivity contribution is -0.119. The molecule has 1 atom stereocenters. The molecule has 0 spiro atoms. The van der Waals surface area contributed by atoms with Gasteiger partial charge in [0.15, 0.2) is 0 Å². The lowest BCUT2D eigenvalue weighted by Gasteiger charge is -2.24. The van der Waals surface area contributed by atoms with Crippen LogP contribution in [0.4, 0.5) is 11.4 Å². The van der Waals surface area contributed by atoms with E-state index >= 15 is 0 Å². The van der Waals surface area contributed by atoms with E-state index in [1.165, 1.54) is 23.5 Å². The molecule has 9 heteroatoms. The Kier molecular flexibility index (Phi) is 5.53. The van der Waals surface area contributed by atoms with E-state index in [9.17, 15) is 18.0 Å². The van der Waals surface area contributed by atoms with Gasteiger partial charge in [0.1, 0.15) is 11.8 Å². The van der Waals surface area contributed by atoms with Crippen LogP contribution in [0.15, 0.2) is 59.5 Å². The van der Waals surface area contributed by atoms with Gasteiger partial charge in [0.05, 0.1) is 17.7 Å². The molecule has 0 saturated carbocycles. The van der Waals surface area contributed by atoms with Crippen molar-refractivity contribution in [3.63, 3.8) is 0 Å². The molecule has 5 rings (SSSR count). The highest BCUT2D eigenvalue weighted by Gasteiger charge is 2.40. The number of ether oxygens (including phenoxy) is 1. The number of benzene rings is 3. The van der Waals surface area contributed by atoms with Crippen LogP contribution in [-0.2, 0) is 14.8 Å². The van der Waals surface area contributed by atoms with Crippen molar-refractivity contribution >= 4 is 44.0 Å². The summed E-state index contributed by atoms with van der Waals surface area (Å²) in [7, 11) is -2.33. The standard InChI is InChI=1S/C25H25N3O5S/c1-3-27-21-14-13-20(18-6-4-7-19(23(18)21)25(27)30)26-24(29)22-8-5-15-28(22)34(31,32)17-11-9-16(33-2)10-12-17/h4,6-7,9-14,22H,3,5,8,15H2,1-2H3,(H,26,29). The van der Waals surface area contributed by atoms with E-state index in [1.54, 1.807) is 35.2 Å². The number of nitrogens with zero attached hydrogens (tertiary/aromatic N) is 2. The predicted molar refractivity (Wildman–Crippen MR) is 130 cm³/mol. The van der Waals surface area contributed by atoms with E-state index in [4.69, 9.17) is 4.74 Å². The summed E-state index contributed by atoms with van der Waals surface area (Å²) in [6, 6.07) is 14.4. The third kappa shape index (κ3) is 3.43. The van der Waals surface area contributed by atoms with Crippen LogP contribution >= 0.6 is 0 Å². The molecule has 0 aliphatic carbocycles. The zero-order valence-corrected chi connectivity index (χ0v) is 19.8. The van der Waals surface area contributed by atoms with Crippen LogP contribution in [0, 0.1) is 0 Å². The van der Waals surface area contributed by atoms with Gasteiger partial charge in [-0.05, 0) is 62.2 Å². The first-order valence-corrected chi connectivity index (χ1v) is 12.6. The van der Waals surface area contributed by atoms with Gasteiger partial charge in [0.2, 0.25) is 15.9 Å². The molecule has 2 aliphatic rings. The zero-order valence-electron chi connectivity index (χ0n) is 18.9. The second-order valence-corrected chi connectivity index (χ2v) is 10.2. The second kappa shape index (κ2) is 8.41. The summed E-state index contributed by atoms with van der Waals surface area (Å²) in [5.41, 5.74) is 1.99. The van der Waals surface area contributed by atoms with Gasteiger partial charge in [0, 0.05) is 35.1 Å². The minimum atomic E-state index is -3.85. The fourth-order valence-corrected chi connectivity index (χ4v) is 6.51. The van der Waals surface area contributed by atoms with Crippen LogP contribution in [0.1, 0.15) is 30.1 Å². The summed E-state index contributed by atoms with van der Waals surface area (Å²) in [6.45, 7) is 2.74. The molecule has 3 aromatic carbocycles. The fourth-order valence-electron chi connectivity index (χ4n) is 4.86. The Labute approximate surface area is 198 Å². The molecule has 0 aromatic heterocycles. The first kappa shape index (κ1) is 22.4. The van der Waals surface area contributed by atoms with E-state index in [2.05, 4.69) is 5.32 Å². The van der Waals surface area contributed by atoms with Gasteiger partial charge < -0.3 is 15.0 Å². The van der Waals surface area contributed by atoms with Crippen molar-refractivity contribution in [2.45, 2.75) is 30.7 Å². The van der Waals surface area contributed by atoms with Gasteiger partial charge in [-0.25, -0.2) is 8.42 Å². The summed E-state index contributed by atoms with van der Waals surface area (Å²) in [5.74, 6) is 0.118. The van der Waals surface area contributed by atoms with Crippen molar-refractivity contribution in [3.8, 4) is 5.75 Å². The largest absolute Gasteiger partial charge is 0.497 e. The van der Waals surface area contributed by atoms with Gasteiger partial charge >= 0.3 is 0 Å². The van der Waals surface area contributed by atoms with Crippen molar-refractivity contribution in [1.29, 1.82) is 0 Å². The minimum absolute atomic E-state index is 0.0564. The van der Waals surface area contributed by atoms with Crippen molar-refractivity contribution in [1.82, 2.24) is 4.31 Å². The van der Waals surface area contributed by atoms with E-state index in [1.807, 2.05) is 19.1 Å². The van der Waals surface area contributed by atoms with Crippen LogP contribution in [0.2, 0.25) is 0 Å². The maximum absolute atomic E-state index is 13.3. The number of hydrogen-bond acceptors (Lipinski definition) is 5.